The molecule has 0 bridgehead atoms. The van der Waals surface area contributed by atoms with Crippen molar-refractivity contribution in [2.24, 2.45) is 5.92 Å². The molecule has 0 fully saturated rings. The van der Waals surface area contributed by atoms with Crippen LogP contribution in [0.5, 0.6) is 5.75 Å². The zero-order valence-corrected chi connectivity index (χ0v) is 22.8. The average Bonchev–Trinajstić information content (AvgIpc) is 2.91. The summed E-state index contributed by atoms with van der Waals surface area (Å²) in [5.41, 5.74) is 0.785. The molecule has 2 atom stereocenters. The second kappa shape index (κ2) is 14.1. The third kappa shape index (κ3) is 9.85. The highest BCUT2D eigenvalue weighted by atomic mass is 35.5. The predicted molar refractivity (Wildman–Crippen MR) is 140 cm³/mol. The second-order valence-electron chi connectivity index (χ2n) is 9.07. The number of nitrogens with one attached hydrogen (secondary N) is 3. The van der Waals surface area contributed by atoms with Gasteiger partial charge in [-0.3, -0.25) is 19.2 Å². The van der Waals surface area contributed by atoms with Gasteiger partial charge in [0.15, 0.2) is 0 Å². The maximum atomic E-state index is 14.6. The van der Waals surface area contributed by atoms with E-state index >= 15 is 0 Å². The Balaban J connectivity index is 2.30. The number of carbonyl (C=O) groups excluding carboxylic acids is 4. The van der Waals surface area contributed by atoms with Crippen molar-refractivity contribution in [3.05, 3.63) is 70.8 Å². The maximum Gasteiger partial charge on any atom is 0.405 e. The molecule has 8 nitrogen and oxygen atoms in total. The number of hydrogen-bond acceptors (Lipinski definition) is 5. The minimum atomic E-state index is -4.99. The lowest BCUT2D eigenvalue weighted by Gasteiger charge is -2.27. The number of alkyl halides is 5. The summed E-state index contributed by atoms with van der Waals surface area (Å²) in [6.07, 6.45) is -2.46. The summed E-state index contributed by atoms with van der Waals surface area (Å²) < 4.78 is 71.3. The van der Waals surface area contributed by atoms with Crippen LogP contribution in [0.1, 0.15) is 31.0 Å². The van der Waals surface area contributed by atoms with E-state index in [2.05, 4.69) is 10.6 Å². The molecule has 0 unspecified atom stereocenters. The molecular formula is C27H27ClF5N3O5. The van der Waals surface area contributed by atoms with Crippen LogP contribution in [0.4, 0.5) is 22.0 Å². The third-order valence-corrected chi connectivity index (χ3v) is 5.84. The van der Waals surface area contributed by atoms with Crippen molar-refractivity contribution in [3.8, 4) is 5.75 Å². The molecule has 0 aliphatic heterocycles. The highest BCUT2D eigenvalue weighted by Gasteiger charge is 2.52. The fourth-order valence-electron chi connectivity index (χ4n) is 3.40. The van der Waals surface area contributed by atoms with Gasteiger partial charge in [0.25, 0.3) is 5.91 Å². The highest BCUT2D eigenvalue weighted by molar-refractivity contribution is 6.30. The molecule has 2 aromatic carbocycles. The molecule has 2 rings (SSSR count). The Morgan fingerprint density at radius 1 is 0.927 bits per heavy atom. The number of ether oxygens (including phenoxy) is 1. The van der Waals surface area contributed by atoms with Gasteiger partial charge in [0.1, 0.15) is 18.3 Å². The van der Waals surface area contributed by atoms with E-state index in [0.29, 0.717) is 16.3 Å². The topological polar surface area (TPSA) is 114 Å². The Labute approximate surface area is 237 Å². The Kier molecular flexibility index (Phi) is 11.4. The number of hydrogen-bond donors (Lipinski definition) is 3. The largest absolute Gasteiger partial charge is 0.497 e. The highest BCUT2D eigenvalue weighted by Crippen LogP contribution is 2.24. The summed E-state index contributed by atoms with van der Waals surface area (Å²) >= 11 is 5.84. The molecule has 222 valence electrons. The monoisotopic (exact) mass is 603 g/mol. The quantitative estimate of drug-likeness (QED) is 0.191. The molecule has 0 saturated heterocycles. The number of ketones is 1. The zero-order chi connectivity index (χ0) is 31.0. The molecule has 14 heteroatoms. The lowest BCUT2D eigenvalue weighted by molar-refractivity contribution is -0.165. The first-order valence-electron chi connectivity index (χ1n) is 12.0. The van der Waals surface area contributed by atoms with Gasteiger partial charge in [-0.05, 0) is 47.4 Å². The molecule has 2 aromatic rings. The number of carbonyl (C=O) groups is 4. The van der Waals surface area contributed by atoms with Crippen molar-refractivity contribution < 1.29 is 45.9 Å². The number of methoxy groups -OCH3 is 1. The van der Waals surface area contributed by atoms with E-state index in [0.717, 1.165) is 11.4 Å². The second-order valence-corrected chi connectivity index (χ2v) is 9.50. The molecule has 0 radical (unpaired) electrons. The van der Waals surface area contributed by atoms with E-state index in [1.165, 1.54) is 51.3 Å². The van der Waals surface area contributed by atoms with Crippen LogP contribution in [0.15, 0.2) is 54.6 Å². The van der Waals surface area contributed by atoms with Gasteiger partial charge in [-0.1, -0.05) is 49.7 Å². The Morgan fingerprint density at radius 2 is 1.51 bits per heavy atom. The van der Waals surface area contributed by atoms with Gasteiger partial charge in [0.2, 0.25) is 17.6 Å². The van der Waals surface area contributed by atoms with Crippen molar-refractivity contribution in [2.45, 2.75) is 38.0 Å². The van der Waals surface area contributed by atoms with Crippen LogP contribution in [0.2, 0.25) is 5.02 Å². The van der Waals surface area contributed by atoms with Crippen LogP contribution in [0.3, 0.4) is 0 Å². The zero-order valence-electron chi connectivity index (χ0n) is 22.0. The standard InChI is InChI=1S/C27H27ClF5N3O5/c1-15(2)21(23(38)27(32,33)25(40)34-14-26(29,30)31)36-24(39)22(17-7-11-19(41-3)12-8-17)35-20(37)13-6-16-4-9-18(28)10-5-16/h4-13,15,21-22H,14H2,1-3H3,(H,34,40)(H,35,37)(H,36,39)/t21-,22-/m0/s1. The number of benzene rings is 2. The SMILES string of the molecule is COc1ccc([C@H](NC(=O)C=Cc2ccc(Cl)cc2)C(=O)N[C@H](C(=O)C(F)(F)C(=O)NCC(F)(F)F)C(C)C)cc1. The molecule has 0 aliphatic rings. The van der Waals surface area contributed by atoms with Crippen LogP contribution >= 0.6 is 11.6 Å². The fraction of sp³-hybridized carbons (Fsp3) is 0.333. The van der Waals surface area contributed by atoms with Crippen LogP contribution in [0.25, 0.3) is 6.08 Å². The molecule has 0 aromatic heterocycles. The Bertz CT molecular complexity index is 1270. The predicted octanol–water partition coefficient (Wildman–Crippen LogP) is 4.24. The van der Waals surface area contributed by atoms with E-state index in [1.54, 1.807) is 24.3 Å². The van der Waals surface area contributed by atoms with E-state index in [4.69, 9.17) is 16.3 Å². The van der Waals surface area contributed by atoms with E-state index in [1.807, 2.05) is 0 Å². The van der Waals surface area contributed by atoms with Crippen molar-refractivity contribution in [2.75, 3.05) is 13.7 Å². The van der Waals surface area contributed by atoms with Crippen LogP contribution in [-0.2, 0) is 19.2 Å². The van der Waals surface area contributed by atoms with Gasteiger partial charge in [-0.2, -0.15) is 22.0 Å². The average molecular weight is 604 g/mol. The Morgan fingerprint density at radius 3 is 2.02 bits per heavy atom. The van der Waals surface area contributed by atoms with Gasteiger partial charge in [0.05, 0.1) is 13.2 Å². The molecule has 0 aliphatic carbocycles. The van der Waals surface area contributed by atoms with Gasteiger partial charge in [-0.15, -0.1) is 0 Å². The molecule has 3 amide bonds. The van der Waals surface area contributed by atoms with Crippen LogP contribution in [0, 0.1) is 5.92 Å². The summed E-state index contributed by atoms with van der Waals surface area (Å²) in [7, 11) is 1.40. The molecular weight excluding hydrogens is 577 g/mol. The molecule has 3 N–H and O–H groups in total. The molecule has 0 spiro atoms. The Hall–Kier alpha value is -4.00. The minimum Gasteiger partial charge on any atom is -0.497 e. The molecule has 0 saturated carbocycles. The van der Waals surface area contributed by atoms with E-state index in [9.17, 15) is 41.1 Å². The van der Waals surface area contributed by atoms with E-state index in [-0.39, 0.29) is 5.56 Å². The summed E-state index contributed by atoms with van der Waals surface area (Å²) in [6.45, 7) is 0.479. The summed E-state index contributed by atoms with van der Waals surface area (Å²) in [5.74, 6) is -12.0. The number of rotatable bonds is 12. The maximum absolute atomic E-state index is 14.6. The van der Waals surface area contributed by atoms with Crippen LogP contribution < -0.4 is 20.7 Å². The van der Waals surface area contributed by atoms with Crippen molar-refractivity contribution in [1.29, 1.82) is 0 Å². The number of amides is 3. The summed E-state index contributed by atoms with van der Waals surface area (Å²) in [6, 6.07) is 8.69. The lowest BCUT2D eigenvalue weighted by atomic mass is 9.94. The third-order valence-electron chi connectivity index (χ3n) is 5.59. The number of Topliss-reactive ketones (excluding diaryl/α,β-unsaturated/α-hetero) is 1. The first-order valence-corrected chi connectivity index (χ1v) is 12.4. The smallest absolute Gasteiger partial charge is 0.405 e. The minimum absolute atomic E-state index is 0.182. The van der Waals surface area contributed by atoms with E-state index < -0.39 is 60.1 Å². The van der Waals surface area contributed by atoms with Gasteiger partial charge < -0.3 is 20.7 Å². The lowest BCUT2D eigenvalue weighted by Crippen LogP contribution is -2.58. The van der Waals surface area contributed by atoms with Gasteiger partial charge >= 0.3 is 12.1 Å². The van der Waals surface area contributed by atoms with Crippen molar-refractivity contribution in [3.63, 3.8) is 0 Å². The van der Waals surface area contributed by atoms with Crippen LogP contribution in [-0.4, -0.2) is 55.3 Å². The first kappa shape index (κ1) is 33.2. The van der Waals surface area contributed by atoms with Gasteiger partial charge in [0, 0.05) is 11.1 Å². The molecule has 41 heavy (non-hydrogen) atoms. The van der Waals surface area contributed by atoms with Gasteiger partial charge in [-0.25, -0.2) is 0 Å². The normalized spacial score (nSPS) is 13.4. The number of halogens is 6. The first-order chi connectivity index (χ1) is 19.0. The molecule has 0 heterocycles. The summed E-state index contributed by atoms with van der Waals surface area (Å²) in [4.78, 5) is 50.3. The van der Waals surface area contributed by atoms with Crippen molar-refractivity contribution >= 4 is 41.2 Å². The fourth-order valence-corrected chi connectivity index (χ4v) is 3.53. The van der Waals surface area contributed by atoms with Crippen molar-refractivity contribution in [1.82, 2.24) is 16.0 Å². The summed E-state index contributed by atoms with van der Waals surface area (Å²) in [5, 5.41) is 5.98.